The highest BCUT2D eigenvalue weighted by atomic mass is 79.9. The zero-order valence-electron chi connectivity index (χ0n) is 14.6. The van der Waals surface area contributed by atoms with Gasteiger partial charge in [-0.25, -0.2) is 4.68 Å². The first-order chi connectivity index (χ1) is 13.1. The van der Waals surface area contributed by atoms with Crippen LogP contribution in [0.3, 0.4) is 0 Å². The van der Waals surface area contributed by atoms with Crippen molar-refractivity contribution >= 4 is 33.6 Å². The summed E-state index contributed by atoms with van der Waals surface area (Å²) in [6.45, 7) is 0.390. The lowest BCUT2D eigenvalue weighted by atomic mass is 10.2. The lowest BCUT2D eigenvalue weighted by Gasteiger charge is -2.09. The third-order valence-electron chi connectivity index (χ3n) is 3.78. The third-order valence-corrected chi connectivity index (χ3v) is 5.41. The number of thioether (sulfide) groups is 1. The Morgan fingerprint density at radius 2 is 1.96 bits per heavy atom. The molecule has 140 valence electrons. The lowest BCUT2D eigenvalue weighted by molar-refractivity contribution is -0.118. The number of hydrogen-bond donors (Lipinski definition) is 2. The zero-order chi connectivity index (χ0) is 19.2. The molecule has 0 aliphatic carbocycles. The van der Waals surface area contributed by atoms with Crippen molar-refractivity contribution in [3.05, 3.63) is 58.6 Å². The van der Waals surface area contributed by atoms with Gasteiger partial charge in [-0.3, -0.25) is 4.79 Å². The Bertz CT molecular complexity index is 947. The Morgan fingerprint density at radius 1 is 1.22 bits per heavy atom. The Balaban J connectivity index is 1.59. The quantitative estimate of drug-likeness (QED) is 0.427. The van der Waals surface area contributed by atoms with Crippen LogP contribution in [-0.2, 0) is 11.3 Å². The van der Waals surface area contributed by atoms with E-state index in [1.807, 2.05) is 48.5 Å². The summed E-state index contributed by atoms with van der Waals surface area (Å²) in [5.41, 5.74) is 1.75. The summed E-state index contributed by atoms with van der Waals surface area (Å²) in [7, 11) is 1.60. The number of nitrogens with zero attached hydrogens (tertiary/aromatic N) is 3. The second-order valence-electron chi connectivity index (χ2n) is 5.53. The molecule has 0 atom stereocenters. The SMILES string of the molecule is COc1ccccc1CNC(=O)CSc1nnc(-c2ccccc2Br)n1N. The minimum atomic E-state index is -0.128. The number of benzene rings is 2. The molecule has 3 aromatic rings. The molecule has 0 saturated heterocycles. The minimum absolute atomic E-state index is 0.128. The van der Waals surface area contributed by atoms with Gasteiger partial charge < -0.3 is 15.9 Å². The molecule has 3 N–H and O–H groups in total. The molecule has 27 heavy (non-hydrogen) atoms. The number of amides is 1. The van der Waals surface area contributed by atoms with Gasteiger partial charge in [0.25, 0.3) is 0 Å². The predicted molar refractivity (Wildman–Crippen MR) is 109 cm³/mol. The highest BCUT2D eigenvalue weighted by Crippen LogP contribution is 2.27. The summed E-state index contributed by atoms with van der Waals surface area (Å²) in [5, 5.41) is 11.5. The molecular weight excluding hydrogens is 430 g/mol. The number of aromatic nitrogens is 3. The Morgan fingerprint density at radius 3 is 2.74 bits per heavy atom. The molecule has 0 unspecified atom stereocenters. The second kappa shape index (κ2) is 8.92. The van der Waals surface area contributed by atoms with Crippen LogP contribution in [0.1, 0.15) is 5.56 Å². The number of methoxy groups -OCH3 is 1. The summed E-state index contributed by atoms with van der Waals surface area (Å²) in [6, 6.07) is 15.2. The van der Waals surface area contributed by atoms with E-state index in [0.29, 0.717) is 17.5 Å². The molecule has 7 nitrogen and oxygen atoms in total. The summed E-state index contributed by atoms with van der Waals surface area (Å²) in [4.78, 5) is 12.2. The summed E-state index contributed by atoms with van der Waals surface area (Å²) >= 11 is 4.70. The minimum Gasteiger partial charge on any atom is -0.496 e. The van der Waals surface area contributed by atoms with E-state index in [9.17, 15) is 4.79 Å². The summed E-state index contributed by atoms with van der Waals surface area (Å²) in [6.07, 6.45) is 0. The van der Waals surface area contributed by atoms with Crippen LogP contribution in [0, 0.1) is 0 Å². The number of nitrogens with two attached hydrogens (primary N) is 1. The van der Waals surface area contributed by atoms with Gasteiger partial charge in [-0.05, 0) is 18.2 Å². The van der Waals surface area contributed by atoms with E-state index in [2.05, 4.69) is 31.4 Å². The van der Waals surface area contributed by atoms with Gasteiger partial charge >= 0.3 is 0 Å². The van der Waals surface area contributed by atoms with E-state index < -0.39 is 0 Å². The first-order valence-corrected chi connectivity index (χ1v) is 9.84. The maximum Gasteiger partial charge on any atom is 0.230 e. The molecule has 9 heteroatoms. The molecule has 0 radical (unpaired) electrons. The van der Waals surface area contributed by atoms with Gasteiger partial charge in [0.1, 0.15) is 5.75 Å². The van der Waals surface area contributed by atoms with E-state index in [-0.39, 0.29) is 11.7 Å². The molecule has 0 bridgehead atoms. The van der Waals surface area contributed by atoms with Gasteiger partial charge in [0.15, 0.2) is 5.82 Å². The summed E-state index contributed by atoms with van der Waals surface area (Å²) < 4.78 is 7.54. The van der Waals surface area contributed by atoms with Gasteiger partial charge in [0.2, 0.25) is 11.1 Å². The van der Waals surface area contributed by atoms with Gasteiger partial charge in [0.05, 0.1) is 12.9 Å². The number of carbonyl (C=O) groups is 1. The van der Waals surface area contributed by atoms with Crippen LogP contribution in [0.4, 0.5) is 0 Å². The Labute approximate surface area is 169 Å². The van der Waals surface area contributed by atoms with Crippen LogP contribution in [0.5, 0.6) is 5.75 Å². The van der Waals surface area contributed by atoms with Crippen molar-refractivity contribution in [3.63, 3.8) is 0 Å². The van der Waals surface area contributed by atoms with Gasteiger partial charge in [-0.15, -0.1) is 10.2 Å². The molecule has 0 saturated carbocycles. The molecule has 1 aromatic heterocycles. The Hall–Kier alpha value is -2.52. The van der Waals surface area contributed by atoms with Crippen molar-refractivity contribution in [1.29, 1.82) is 0 Å². The highest BCUT2D eigenvalue weighted by Gasteiger charge is 2.15. The van der Waals surface area contributed by atoms with Crippen molar-refractivity contribution in [1.82, 2.24) is 20.2 Å². The molecular formula is C18H18BrN5O2S. The van der Waals surface area contributed by atoms with Crippen LogP contribution in [0.15, 0.2) is 58.2 Å². The molecule has 1 amide bonds. The van der Waals surface area contributed by atoms with E-state index in [0.717, 1.165) is 21.3 Å². The number of hydrogen-bond acceptors (Lipinski definition) is 6. The van der Waals surface area contributed by atoms with Crippen molar-refractivity contribution < 1.29 is 9.53 Å². The van der Waals surface area contributed by atoms with Gasteiger partial charge in [-0.2, -0.15) is 0 Å². The van der Waals surface area contributed by atoms with E-state index in [1.165, 1.54) is 16.4 Å². The van der Waals surface area contributed by atoms with Gasteiger partial charge in [-0.1, -0.05) is 58.0 Å². The van der Waals surface area contributed by atoms with Crippen LogP contribution < -0.4 is 15.9 Å². The van der Waals surface area contributed by atoms with Crippen LogP contribution in [0.25, 0.3) is 11.4 Å². The fraction of sp³-hybridized carbons (Fsp3) is 0.167. The largest absolute Gasteiger partial charge is 0.496 e. The Kier molecular flexibility index (Phi) is 6.36. The van der Waals surface area contributed by atoms with Crippen LogP contribution in [0.2, 0.25) is 0 Å². The van der Waals surface area contributed by atoms with E-state index in [4.69, 9.17) is 10.6 Å². The van der Waals surface area contributed by atoms with Crippen molar-refractivity contribution in [2.75, 3.05) is 18.7 Å². The molecule has 0 aliphatic rings. The van der Waals surface area contributed by atoms with Crippen molar-refractivity contribution in [3.8, 4) is 17.1 Å². The average Bonchev–Trinajstić information content (AvgIpc) is 3.05. The molecule has 2 aromatic carbocycles. The first-order valence-electron chi connectivity index (χ1n) is 8.07. The second-order valence-corrected chi connectivity index (χ2v) is 7.33. The fourth-order valence-corrected chi connectivity index (χ4v) is 3.57. The number of nitrogen functional groups attached to an aromatic ring is 1. The monoisotopic (exact) mass is 447 g/mol. The number of ether oxygens (including phenoxy) is 1. The molecule has 0 fully saturated rings. The van der Waals surface area contributed by atoms with Crippen molar-refractivity contribution in [2.24, 2.45) is 0 Å². The molecule has 0 spiro atoms. The maximum absolute atomic E-state index is 12.2. The topological polar surface area (TPSA) is 95.1 Å². The number of halogens is 1. The predicted octanol–water partition coefficient (Wildman–Crippen LogP) is 2.84. The average molecular weight is 448 g/mol. The molecule has 0 aliphatic heterocycles. The number of para-hydroxylation sites is 1. The first kappa shape index (κ1) is 19.2. The number of nitrogens with one attached hydrogen (secondary N) is 1. The lowest BCUT2D eigenvalue weighted by Crippen LogP contribution is -2.25. The molecule has 1 heterocycles. The zero-order valence-corrected chi connectivity index (χ0v) is 17.0. The van der Waals surface area contributed by atoms with E-state index >= 15 is 0 Å². The van der Waals surface area contributed by atoms with Crippen molar-refractivity contribution in [2.45, 2.75) is 11.7 Å². The standard InChI is InChI=1S/C18H18BrN5O2S/c1-26-15-9-5-2-6-12(15)10-21-16(25)11-27-18-23-22-17(24(18)20)13-7-3-4-8-14(13)19/h2-9H,10-11,20H2,1H3,(H,21,25). The fourth-order valence-electron chi connectivity index (χ4n) is 2.43. The maximum atomic E-state index is 12.2. The smallest absolute Gasteiger partial charge is 0.230 e. The normalized spacial score (nSPS) is 10.6. The molecule has 3 rings (SSSR count). The number of rotatable bonds is 7. The third kappa shape index (κ3) is 4.61. The van der Waals surface area contributed by atoms with Gasteiger partial charge in [0, 0.05) is 22.1 Å². The number of carbonyl (C=O) groups excluding carboxylic acids is 1. The van der Waals surface area contributed by atoms with Crippen LogP contribution in [-0.4, -0.2) is 33.6 Å². The van der Waals surface area contributed by atoms with Crippen LogP contribution >= 0.6 is 27.7 Å². The summed E-state index contributed by atoms with van der Waals surface area (Å²) in [5.74, 6) is 7.42. The van der Waals surface area contributed by atoms with E-state index in [1.54, 1.807) is 7.11 Å². The highest BCUT2D eigenvalue weighted by molar-refractivity contribution is 9.10.